The van der Waals surface area contributed by atoms with Crippen molar-refractivity contribution in [2.24, 2.45) is 0 Å². The number of nitrogens with one attached hydrogen (secondary N) is 1. The van der Waals surface area contributed by atoms with Gasteiger partial charge in [-0.2, -0.15) is 0 Å². The van der Waals surface area contributed by atoms with Crippen LogP contribution in [0, 0.1) is 0 Å². The van der Waals surface area contributed by atoms with Gasteiger partial charge in [-0.1, -0.05) is 0 Å². The molecule has 15 heavy (non-hydrogen) atoms. The molecular formula is C10H19N3O2. The fourth-order valence-corrected chi connectivity index (χ4v) is 1.98. The lowest BCUT2D eigenvalue weighted by atomic mass is 10.1. The lowest BCUT2D eigenvalue weighted by Gasteiger charge is -2.41. The van der Waals surface area contributed by atoms with Crippen LogP contribution < -0.4 is 5.32 Å². The van der Waals surface area contributed by atoms with Crippen LogP contribution in [0.3, 0.4) is 0 Å². The van der Waals surface area contributed by atoms with Crippen LogP contribution in [0.25, 0.3) is 0 Å². The zero-order valence-corrected chi connectivity index (χ0v) is 9.24. The highest BCUT2D eigenvalue weighted by Gasteiger charge is 2.30. The quantitative estimate of drug-likeness (QED) is 0.687. The Morgan fingerprint density at radius 1 is 1.47 bits per heavy atom. The van der Waals surface area contributed by atoms with Crippen LogP contribution in [0.1, 0.15) is 6.92 Å². The molecule has 5 heteroatoms. The molecule has 0 saturated carbocycles. The van der Waals surface area contributed by atoms with Crippen molar-refractivity contribution in [3.63, 3.8) is 0 Å². The van der Waals surface area contributed by atoms with E-state index in [1.165, 1.54) is 0 Å². The van der Waals surface area contributed by atoms with Gasteiger partial charge in [0.15, 0.2) is 0 Å². The van der Waals surface area contributed by atoms with E-state index in [-0.39, 0.29) is 6.03 Å². The van der Waals surface area contributed by atoms with Gasteiger partial charge in [0.25, 0.3) is 0 Å². The Hall–Kier alpha value is -0.810. The molecule has 86 valence electrons. The molecule has 2 fully saturated rings. The highest BCUT2D eigenvalue weighted by molar-refractivity contribution is 5.75. The number of morpholine rings is 1. The molecule has 2 rings (SSSR count). The average Bonchev–Trinajstić information content (AvgIpc) is 2.23. The van der Waals surface area contributed by atoms with E-state index in [9.17, 15) is 4.79 Å². The van der Waals surface area contributed by atoms with Gasteiger partial charge >= 0.3 is 6.03 Å². The Kier molecular flexibility index (Phi) is 3.43. The van der Waals surface area contributed by atoms with Gasteiger partial charge in [0.1, 0.15) is 0 Å². The van der Waals surface area contributed by atoms with Gasteiger partial charge < -0.3 is 19.9 Å². The summed E-state index contributed by atoms with van der Waals surface area (Å²) in [6, 6.07) is 0.567. The number of nitrogens with zero attached hydrogens (tertiary/aromatic N) is 2. The predicted octanol–water partition coefficient (Wildman–Crippen LogP) is -0.268. The molecule has 0 aromatic carbocycles. The van der Waals surface area contributed by atoms with E-state index in [1.54, 1.807) is 0 Å². The van der Waals surface area contributed by atoms with Gasteiger partial charge in [-0.25, -0.2) is 4.79 Å². The topological polar surface area (TPSA) is 44.8 Å². The zero-order chi connectivity index (χ0) is 10.7. The van der Waals surface area contributed by atoms with Gasteiger partial charge in [0.05, 0.1) is 19.3 Å². The molecule has 2 amide bonds. The minimum atomic E-state index is 0.173. The number of rotatable bonds is 2. The van der Waals surface area contributed by atoms with Gasteiger partial charge in [-0.05, 0) is 6.92 Å². The largest absolute Gasteiger partial charge is 0.378 e. The summed E-state index contributed by atoms with van der Waals surface area (Å²) in [4.78, 5) is 16.0. The third-order valence-electron chi connectivity index (χ3n) is 3.07. The second-order valence-electron chi connectivity index (χ2n) is 3.98. The first-order valence-electron chi connectivity index (χ1n) is 5.67. The number of hydrogen-bond acceptors (Lipinski definition) is 3. The summed E-state index contributed by atoms with van der Waals surface area (Å²) in [5, 5.41) is 3.20. The van der Waals surface area contributed by atoms with Crippen molar-refractivity contribution in [1.82, 2.24) is 15.1 Å². The van der Waals surface area contributed by atoms with Crippen LogP contribution in [0.2, 0.25) is 0 Å². The average molecular weight is 213 g/mol. The van der Waals surface area contributed by atoms with Gasteiger partial charge in [0.2, 0.25) is 0 Å². The van der Waals surface area contributed by atoms with E-state index in [0.717, 1.165) is 32.7 Å². The number of amides is 2. The van der Waals surface area contributed by atoms with E-state index < -0.39 is 0 Å². The summed E-state index contributed by atoms with van der Waals surface area (Å²) < 4.78 is 5.24. The fourth-order valence-electron chi connectivity index (χ4n) is 1.98. The number of carbonyl (C=O) groups is 1. The molecule has 2 heterocycles. The summed E-state index contributed by atoms with van der Waals surface area (Å²) in [5.74, 6) is 0. The van der Waals surface area contributed by atoms with Crippen LogP contribution in [0.15, 0.2) is 0 Å². The van der Waals surface area contributed by atoms with Crippen LogP contribution in [-0.2, 0) is 4.74 Å². The third-order valence-corrected chi connectivity index (χ3v) is 3.07. The minimum Gasteiger partial charge on any atom is -0.378 e. The molecule has 0 unspecified atom stereocenters. The third kappa shape index (κ3) is 2.23. The predicted molar refractivity (Wildman–Crippen MR) is 56.8 cm³/mol. The molecule has 2 aliphatic heterocycles. The Labute approximate surface area is 90.4 Å². The maximum atomic E-state index is 12.1. The van der Waals surface area contributed by atoms with E-state index >= 15 is 0 Å². The Balaban J connectivity index is 1.90. The molecule has 0 aromatic heterocycles. The Morgan fingerprint density at radius 3 is 2.60 bits per heavy atom. The van der Waals surface area contributed by atoms with Gasteiger partial charge in [0, 0.05) is 32.7 Å². The Morgan fingerprint density at radius 2 is 2.13 bits per heavy atom. The monoisotopic (exact) mass is 213 g/mol. The maximum Gasteiger partial charge on any atom is 0.320 e. The van der Waals surface area contributed by atoms with E-state index in [4.69, 9.17) is 4.74 Å². The molecular weight excluding hydrogens is 194 g/mol. The second-order valence-corrected chi connectivity index (χ2v) is 3.98. The van der Waals surface area contributed by atoms with E-state index in [1.807, 2.05) is 16.7 Å². The number of hydrogen-bond donors (Lipinski definition) is 1. The fraction of sp³-hybridized carbons (Fsp3) is 0.900. The summed E-state index contributed by atoms with van der Waals surface area (Å²) in [5.41, 5.74) is 0. The number of ether oxygens (including phenoxy) is 1. The first-order valence-corrected chi connectivity index (χ1v) is 5.67. The van der Waals surface area contributed by atoms with Crippen molar-refractivity contribution in [2.45, 2.75) is 13.0 Å². The smallest absolute Gasteiger partial charge is 0.320 e. The first-order chi connectivity index (χ1) is 7.33. The van der Waals surface area contributed by atoms with Crippen molar-refractivity contribution in [1.29, 1.82) is 0 Å². The molecule has 2 aliphatic rings. The van der Waals surface area contributed by atoms with Crippen LogP contribution in [-0.4, -0.2) is 67.8 Å². The van der Waals surface area contributed by atoms with Gasteiger partial charge in [-0.15, -0.1) is 0 Å². The van der Waals surface area contributed by atoms with Crippen molar-refractivity contribution in [3.05, 3.63) is 0 Å². The molecule has 1 N–H and O–H groups in total. The molecule has 0 radical (unpaired) electrons. The maximum absolute atomic E-state index is 12.1. The standard InChI is InChI=1S/C10H19N3O2/c1-2-13(9-7-11-8-9)10(14)12-3-5-15-6-4-12/h9,11H,2-8H2,1H3. The highest BCUT2D eigenvalue weighted by atomic mass is 16.5. The molecule has 0 spiro atoms. The highest BCUT2D eigenvalue weighted by Crippen LogP contribution is 2.10. The first kappa shape index (κ1) is 10.7. The molecule has 0 bridgehead atoms. The van der Waals surface area contributed by atoms with E-state index in [0.29, 0.717) is 19.3 Å². The van der Waals surface area contributed by atoms with Crippen LogP contribution >= 0.6 is 0 Å². The lowest BCUT2D eigenvalue weighted by molar-refractivity contribution is 0.0367. The molecule has 5 nitrogen and oxygen atoms in total. The van der Waals surface area contributed by atoms with Crippen LogP contribution in [0.4, 0.5) is 4.79 Å². The second kappa shape index (κ2) is 4.81. The molecule has 0 atom stereocenters. The summed E-state index contributed by atoms with van der Waals surface area (Å²) in [6.07, 6.45) is 0. The van der Waals surface area contributed by atoms with E-state index in [2.05, 4.69) is 5.32 Å². The summed E-state index contributed by atoms with van der Waals surface area (Å²) in [6.45, 7) is 7.51. The van der Waals surface area contributed by atoms with Crippen molar-refractivity contribution in [3.8, 4) is 0 Å². The molecule has 2 saturated heterocycles. The number of carbonyl (C=O) groups excluding carboxylic acids is 1. The SMILES string of the molecule is CCN(C(=O)N1CCOCC1)C1CNC1. The summed E-state index contributed by atoms with van der Waals surface area (Å²) >= 11 is 0. The number of urea groups is 1. The Bertz CT molecular complexity index is 225. The number of likely N-dealkylation sites (N-methyl/N-ethyl adjacent to an activating group) is 1. The minimum absolute atomic E-state index is 0.173. The zero-order valence-electron chi connectivity index (χ0n) is 9.24. The molecule has 0 aromatic rings. The van der Waals surface area contributed by atoms with Crippen LogP contribution in [0.5, 0.6) is 0 Å². The lowest BCUT2D eigenvalue weighted by Crippen LogP contribution is -2.61. The summed E-state index contributed by atoms with van der Waals surface area (Å²) in [7, 11) is 0. The van der Waals surface area contributed by atoms with Crippen molar-refractivity contribution >= 4 is 6.03 Å². The molecule has 0 aliphatic carbocycles. The van der Waals surface area contributed by atoms with Crippen molar-refractivity contribution < 1.29 is 9.53 Å². The normalized spacial score (nSPS) is 22.3. The van der Waals surface area contributed by atoms with Crippen molar-refractivity contribution in [2.75, 3.05) is 45.9 Å². The van der Waals surface area contributed by atoms with Gasteiger partial charge in [-0.3, -0.25) is 0 Å².